The second-order valence-corrected chi connectivity index (χ2v) is 13.4. The molecular weight excluding hydrogens is 689 g/mol. The first-order valence-corrected chi connectivity index (χ1v) is 17.1. The standard InChI is InChI=1S/C35H35F3N6O6S/c1-22(45)20-44(35(47)48)21-27(42-51(49,50)28-12-3-2-4-13-28)16-17-29-30(38)14-7-15-31(29)40-34(46)33(41-43-39)32(23-8-5-10-25(36)18-23)24-9-6-11-26(37)19-24/h2-15,18-19,22,27,32-33,42,45H,16-17,20-21H2,1H3,(H,40,46)(H,47,48)/t22-,27+,33+/m1/s1. The summed E-state index contributed by atoms with van der Waals surface area (Å²) in [6.07, 6.45) is -2.90. The van der Waals surface area contributed by atoms with Crippen LogP contribution in [0.3, 0.4) is 0 Å². The lowest BCUT2D eigenvalue weighted by Crippen LogP contribution is -2.47. The second kappa shape index (κ2) is 17.5. The minimum Gasteiger partial charge on any atom is -0.465 e. The van der Waals surface area contributed by atoms with Gasteiger partial charge in [-0.1, -0.05) is 53.6 Å². The number of nitrogens with zero attached hydrogens (tertiary/aromatic N) is 4. The molecule has 0 saturated heterocycles. The van der Waals surface area contributed by atoms with Crippen molar-refractivity contribution in [2.75, 3.05) is 18.4 Å². The van der Waals surface area contributed by atoms with E-state index in [4.69, 9.17) is 0 Å². The molecule has 0 spiro atoms. The van der Waals surface area contributed by atoms with E-state index in [-0.39, 0.29) is 46.7 Å². The first-order chi connectivity index (χ1) is 24.3. The Morgan fingerprint density at radius 1 is 0.902 bits per heavy atom. The zero-order valence-corrected chi connectivity index (χ0v) is 28.1. The minimum absolute atomic E-state index is 0.0703. The number of nitrogens with one attached hydrogen (secondary N) is 2. The molecule has 0 bridgehead atoms. The van der Waals surface area contributed by atoms with Gasteiger partial charge >= 0.3 is 6.09 Å². The molecule has 0 aliphatic heterocycles. The van der Waals surface area contributed by atoms with Gasteiger partial charge in [0.1, 0.15) is 23.5 Å². The third kappa shape index (κ3) is 10.5. The van der Waals surface area contributed by atoms with Crippen molar-refractivity contribution >= 4 is 27.7 Å². The van der Waals surface area contributed by atoms with Crippen LogP contribution in [0.1, 0.15) is 36.0 Å². The van der Waals surface area contributed by atoms with E-state index < -0.39 is 70.1 Å². The average molecular weight is 725 g/mol. The predicted molar refractivity (Wildman–Crippen MR) is 183 cm³/mol. The summed E-state index contributed by atoms with van der Waals surface area (Å²) in [4.78, 5) is 29.4. The number of carboxylic acid groups (broad SMARTS) is 1. The molecule has 268 valence electrons. The lowest BCUT2D eigenvalue weighted by molar-refractivity contribution is -0.117. The monoisotopic (exact) mass is 724 g/mol. The highest BCUT2D eigenvalue weighted by Crippen LogP contribution is 2.33. The smallest absolute Gasteiger partial charge is 0.407 e. The summed E-state index contributed by atoms with van der Waals surface area (Å²) in [6, 6.07) is 18.6. The maximum absolute atomic E-state index is 15.5. The number of carbonyl (C=O) groups excluding carboxylic acids is 1. The van der Waals surface area contributed by atoms with Crippen molar-refractivity contribution in [3.05, 3.63) is 142 Å². The van der Waals surface area contributed by atoms with Crippen LogP contribution < -0.4 is 10.0 Å². The van der Waals surface area contributed by atoms with Crippen LogP contribution in [0.15, 0.2) is 107 Å². The van der Waals surface area contributed by atoms with E-state index in [1.165, 1.54) is 79.7 Å². The molecule has 12 nitrogen and oxygen atoms in total. The quantitative estimate of drug-likeness (QED) is 0.0606. The lowest BCUT2D eigenvalue weighted by Gasteiger charge is -2.27. The van der Waals surface area contributed by atoms with Crippen LogP contribution in [0, 0.1) is 17.5 Å². The molecule has 4 aromatic carbocycles. The maximum atomic E-state index is 15.5. The zero-order chi connectivity index (χ0) is 37.1. The largest absolute Gasteiger partial charge is 0.465 e. The van der Waals surface area contributed by atoms with Gasteiger partial charge in [0.15, 0.2) is 0 Å². The molecule has 3 atom stereocenters. The Bertz CT molecular complexity index is 1950. The van der Waals surface area contributed by atoms with Crippen LogP contribution in [-0.2, 0) is 21.2 Å². The highest BCUT2D eigenvalue weighted by molar-refractivity contribution is 7.89. The van der Waals surface area contributed by atoms with Gasteiger partial charge in [0.25, 0.3) is 0 Å². The van der Waals surface area contributed by atoms with Gasteiger partial charge in [-0.3, -0.25) is 4.79 Å². The Labute approximate surface area is 292 Å². The molecule has 2 amide bonds. The summed E-state index contributed by atoms with van der Waals surface area (Å²) < 4.78 is 73.1. The average Bonchev–Trinajstić information content (AvgIpc) is 3.07. The van der Waals surface area contributed by atoms with E-state index in [1.807, 2.05) is 0 Å². The predicted octanol–water partition coefficient (Wildman–Crippen LogP) is 6.19. The van der Waals surface area contributed by atoms with Gasteiger partial charge < -0.3 is 20.4 Å². The number of aliphatic hydroxyl groups excluding tert-OH is 1. The van der Waals surface area contributed by atoms with Gasteiger partial charge in [-0.05, 0) is 85.0 Å². The molecule has 0 saturated carbocycles. The van der Waals surface area contributed by atoms with E-state index in [1.54, 1.807) is 6.07 Å². The van der Waals surface area contributed by atoms with Gasteiger partial charge in [0, 0.05) is 41.2 Å². The van der Waals surface area contributed by atoms with E-state index >= 15 is 4.39 Å². The van der Waals surface area contributed by atoms with Crippen molar-refractivity contribution in [2.45, 2.75) is 48.8 Å². The molecule has 0 fully saturated rings. The van der Waals surface area contributed by atoms with E-state index in [9.17, 15) is 42.5 Å². The van der Waals surface area contributed by atoms with Crippen molar-refractivity contribution in [3.8, 4) is 0 Å². The first-order valence-electron chi connectivity index (χ1n) is 15.7. The zero-order valence-electron chi connectivity index (χ0n) is 27.2. The molecule has 4 aromatic rings. The molecule has 0 aliphatic carbocycles. The van der Waals surface area contributed by atoms with Crippen molar-refractivity contribution in [3.63, 3.8) is 0 Å². The number of hydrogen-bond acceptors (Lipinski definition) is 6. The number of sulfonamides is 1. The number of halogens is 3. The fraction of sp³-hybridized carbons (Fsp3) is 0.257. The third-order valence-corrected chi connectivity index (χ3v) is 9.40. The first kappa shape index (κ1) is 38.4. The fourth-order valence-corrected chi connectivity index (χ4v) is 6.91. The van der Waals surface area contributed by atoms with Gasteiger partial charge in [-0.2, -0.15) is 0 Å². The van der Waals surface area contributed by atoms with Crippen molar-refractivity contribution in [1.82, 2.24) is 9.62 Å². The van der Waals surface area contributed by atoms with Gasteiger partial charge in [0.05, 0.1) is 11.0 Å². The number of benzene rings is 4. The summed E-state index contributed by atoms with van der Waals surface area (Å²) in [7, 11) is -4.18. The van der Waals surface area contributed by atoms with Gasteiger partial charge in [-0.25, -0.2) is 31.1 Å². The molecule has 0 aliphatic rings. The number of aliphatic hydroxyl groups is 1. The van der Waals surface area contributed by atoms with Crippen LogP contribution in [-0.4, -0.2) is 66.8 Å². The maximum Gasteiger partial charge on any atom is 0.407 e. The topological polar surface area (TPSA) is 185 Å². The molecular formula is C35H35F3N6O6S. The Kier molecular flexibility index (Phi) is 13.2. The van der Waals surface area contributed by atoms with Crippen LogP contribution >= 0.6 is 0 Å². The van der Waals surface area contributed by atoms with E-state index in [0.29, 0.717) is 0 Å². The molecule has 4 rings (SSSR count). The Morgan fingerprint density at radius 2 is 1.51 bits per heavy atom. The Balaban J connectivity index is 1.67. The third-order valence-electron chi connectivity index (χ3n) is 7.87. The van der Waals surface area contributed by atoms with Gasteiger partial charge in [-0.15, -0.1) is 0 Å². The molecule has 51 heavy (non-hydrogen) atoms. The molecule has 16 heteroatoms. The number of rotatable bonds is 16. The molecule has 4 N–H and O–H groups in total. The van der Waals surface area contributed by atoms with Gasteiger partial charge in [0.2, 0.25) is 15.9 Å². The SMILES string of the molecule is C[C@@H](O)CN(C[C@H](CCc1c(F)cccc1NC(=O)[C@@H](N=[N+]=[N-])C(c1cccc(F)c1)c1cccc(F)c1)NS(=O)(=O)c1ccccc1)C(=O)O. The fourth-order valence-electron chi connectivity index (χ4n) is 5.63. The molecule has 0 aromatic heterocycles. The van der Waals surface area contributed by atoms with E-state index in [2.05, 4.69) is 20.1 Å². The molecule has 0 radical (unpaired) electrons. The second-order valence-electron chi connectivity index (χ2n) is 11.7. The van der Waals surface area contributed by atoms with E-state index in [0.717, 1.165) is 23.1 Å². The Hall–Kier alpha value is -5.41. The normalized spacial score (nSPS) is 13.1. The van der Waals surface area contributed by atoms with Crippen LogP contribution in [0.5, 0.6) is 0 Å². The van der Waals surface area contributed by atoms with Crippen molar-refractivity contribution in [1.29, 1.82) is 0 Å². The van der Waals surface area contributed by atoms with Crippen LogP contribution in [0.4, 0.5) is 23.7 Å². The minimum atomic E-state index is -4.18. The van der Waals surface area contributed by atoms with Crippen molar-refractivity contribution < 1.29 is 41.4 Å². The molecule has 0 unspecified atom stereocenters. The summed E-state index contributed by atoms with van der Waals surface area (Å²) in [6.45, 7) is 0.618. The highest BCUT2D eigenvalue weighted by Gasteiger charge is 2.32. The van der Waals surface area contributed by atoms with Crippen molar-refractivity contribution in [2.24, 2.45) is 5.11 Å². The summed E-state index contributed by atoms with van der Waals surface area (Å²) in [5.74, 6) is -4.21. The van der Waals surface area contributed by atoms with Crippen LogP contribution in [0.25, 0.3) is 10.4 Å². The number of carbonyl (C=O) groups is 2. The number of amides is 2. The van der Waals surface area contributed by atoms with Crippen LogP contribution in [0.2, 0.25) is 0 Å². The Morgan fingerprint density at radius 3 is 2.06 bits per heavy atom. The number of azide groups is 1. The summed E-state index contributed by atoms with van der Waals surface area (Å²) in [5, 5.41) is 25.8. The number of hydrogen-bond donors (Lipinski definition) is 4. The lowest BCUT2D eigenvalue weighted by atomic mass is 9.84. The highest BCUT2D eigenvalue weighted by atomic mass is 32.2. The summed E-state index contributed by atoms with van der Waals surface area (Å²) >= 11 is 0. The molecule has 0 heterocycles. The number of anilines is 1. The summed E-state index contributed by atoms with van der Waals surface area (Å²) in [5.41, 5.74) is 9.68.